The van der Waals surface area contributed by atoms with E-state index in [2.05, 4.69) is 110 Å². The molecule has 0 aliphatic carbocycles. The number of nitrogens with zero attached hydrogens (tertiary/aromatic N) is 1. The zero-order valence-electron chi connectivity index (χ0n) is 18.4. The van der Waals surface area contributed by atoms with E-state index >= 15 is 0 Å². The highest BCUT2D eigenvalue weighted by atomic mass is 15.1. The van der Waals surface area contributed by atoms with E-state index in [-0.39, 0.29) is 21.8 Å². The van der Waals surface area contributed by atoms with Crippen LogP contribution in [0.3, 0.4) is 0 Å². The molecule has 0 amide bonds. The first-order valence-corrected chi connectivity index (χ1v) is 9.89. The fourth-order valence-electron chi connectivity index (χ4n) is 4.01. The molecule has 2 aromatic rings. The van der Waals surface area contributed by atoms with Gasteiger partial charge in [-0.25, -0.2) is 0 Å². The van der Waals surface area contributed by atoms with Gasteiger partial charge >= 0.3 is 0 Å². The Kier molecular flexibility index (Phi) is 4.00. The first-order chi connectivity index (χ1) is 11.7. The van der Waals surface area contributed by atoms with Crippen molar-refractivity contribution in [2.75, 3.05) is 0 Å². The van der Waals surface area contributed by atoms with Crippen LogP contribution in [0.5, 0.6) is 0 Å². The predicted octanol–water partition coefficient (Wildman–Crippen LogP) is 6.26. The largest absolute Gasteiger partial charge is 0.213 e. The van der Waals surface area contributed by atoms with Gasteiger partial charge in [0.05, 0.1) is 11.0 Å². The SMILES string of the molecule is CC(C)(C)c1ccc2c(c1)C(C)(C)C(C)(C)[n+]1cc(C(C)(C)C)ccc1-2. The maximum Gasteiger partial charge on any atom is 0.213 e. The van der Waals surface area contributed by atoms with E-state index in [1.54, 1.807) is 0 Å². The van der Waals surface area contributed by atoms with Gasteiger partial charge in [0.25, 0.3) is 0 Å². The molecule has 1 heteroatoms. The van der Waals surface area contributed by atoms with Crippen LogP contribution >= 0.6 is 0 Å². The van der Waals surface area contributed by atoms with E-state index in [0.29, 0.717) is 0 Å². The van der Waals surface area contributed by atoms with Gasteiger partial charge in [-0.1, -0.05) is 53.7 Å². The Labute approximate surface area is 160 Å². The van der Waals surface area contributed by atoms with Crippen molar-refractivity contribution in [2.24, 2.45) is 0 Å². The molecule has 1 nitrogen and oxygen atoms in total. The maximum absolute atomic E-state index is 2.52. The molecule has 1 aliphatic heterocycles. The van der Waals surface area contributed by atoms with Crippen LogP contribution in [0.1, 0.15) is 85.9 Å². The van der Waals surface area contributed by atoms with Gasteiger partial charge in [0, 0.05) is 25.5 Å². The van der Waals surface area contributed by atoms with Crippen molar-refractivity contribution < 1.29 is 4.57 Å². The minimum Gasteiger partial charge on any atom is -0.192 e. The average molecular weight is 351 g/mol. The first-order valence-electron chi connectivity index (χ1n) is 9.89. The van der Waals surface area contributed by atoms with Gasteiger partial charge in [-0.05, 0) is 47.9 Å². The van der Waals surface area contributed by atoms with Crippen molar-refractivity contribution in [1.82, 2.24) is 0 Å². The predicted molar refractivity (Wildman–Crippen MR) is 112 cm³/mol. The lowest BCUT2D eigenvalue weighted by Crippen LogP contribution is -2.65. The van der Waals surface area contributed by atoms with E-state index < -0.39 is 0 Å². The number of pyridine rings is 1. The van der Waals surface area contributed by atoms with Gasteiger partial charge in [-0.3, -0.25) is 0 Å². The fraction of sp³-hybridized carbons (Fsp3) is 0.560. The number of hydrogen-bond donors (Lipinski definition) is 0. The van der Waals surface area contributed by atoms with Crippen LogP contribution in [0.15, 0.2) is 36.5 Å². The summed E-state index contributed by atoms with van der Waals surface area (Å²) in [6.07, 6.45) is 2.39. The summed E-state index contributed by atoms with van der Waals surface area (Å²) in [6.45, 7) is 23.3. The molecule has 0 N–H and O–H groups in total. The molecule has 26 heavy (non-hydrogen) atoms. The molecule has 1 aromatic carbocycles. The van der Waals surface area contributed by atoms with Gasteiger partial charge in [0.1, 0.15) is 0 Å². The molecule has 0 spiro atoms. The van der Waals surface area contributed by atoms with Crippen LogP contribution < -0.4 is 4.57 Å². The van der Waals surface area contributed by atoms with Gasteiger partial charge in [0.15, 0.2) is 11.7 Å². The zero-order chi connectivity index (χ0) is 19.7. The van der Waals surface area contributed by atoms with Crippen LogP contribution in [-0.4, -0.2) is 0 Å². The Morgan fingerprint density at radius 3 is 1.81 bits per heavy atom. The van der Waals surface area contributed by atoms with Gasteiger partial charge in [0.2, 0.25) is 5.69 Å². The Morgan fingerprint density at radius 2 is 1.27 bits per heavy atom. The Balaban J connectivity index is 2.34. The van der Waals surface area contributed by atoms with Gasteiger partial charge in [-0.15, -0.1) is 0 Å². The molecule has 140 valence electrons. The number of aromatic nitrogens is 1. The minimum atomic E-state index is -0.00684. The standard InChI is InChI=1S/C25H36N/c1-22(2,3)17-11-13-19-20(15-17)24(7,8)25(9,10)26-16-18(23(4,5)6)12-14-21(19)26/h11-16H,1-10H3/q+1. The van der Waals surface area contributed by atoms with Crippen molar-refractivity contribution in [2.45, 2.75) is 91.0 Å². The lowest BCUT2D eigenvalue weighted by molar-refractivity contribution is -0.760. The topological polar surface area (TPSA) is 3.88 Å². The molecule has 0 saturated heterocycles. The molecule has 3 rings (SSSR count). The minimum absolute atomic E-state index is 0.00684. The molecule has 1 aromatic heterocycles. The van der Waals surface area contributed by atoms with E-state index in [9.17, 15) is 0 Å². The van der Waals surface area contributed by atoms with Gasteiger partial charge in [-0.2, -0.15) is 4.57 Å². The first kappa shape index (κ1) is 19.1. The van der Waals surface area contributed by atoms with Crippen LogP contribution in [0.25, 0.3) is 11.3 Å². The van der Waals surface area contributed by atoms with Crippen LogP contribution in [0.4, 0.5) is 0 Å². The van der Waals surface area contributed by atoms with E-state index in [1.807, 2.05) is 0 Å². The third-order valence-electron chi connectivity index (χ3n) is 6.78. The molecule has 2 heterocycles. The van der Waals surface area contributed by atoms with Gasteiger partial charge < -0.3 is 0 Å². The average Bonchev–Trinajstić information content (AvgIpc) is 2.50. The highest BCUT2D eigenvalue weighted by Crippen LogP contribution is 2.46. The van der Waals surface area contributed by atoms with Crippen LogP contribution in [0.2, 0.25) is 0 Å². The van der Waals surface area contributed by atoms with Crippen molar-refractivity contribution in [1.29, 1.82) is 0 Å². The molecule has 0 saturated carbocycles. The van der Waals surface area contributed by atoms with Crippen molar-refractivity contribution >= 4 is 0 Å². The summed E-state index contributed by atoms with van der Waals surface area (Å²) in [6, 6.07) is 11.7. The molecule has 0 atom stereocenters. The second-order valence-electron chi connectivity index (χ2n) is 11.1. The molecule has 0 fully saturated rings. The lowest BCUT2D eigenvalue weighted by Gasteiger charge is -2.43. The number of fused-ring (bicyclic) bond motifs is 3. The van der Waals surface area contributed by atoms with Crippen molar-refractivity contribution in [3.05, 3.63) is 53.2 Å². The summed E-state index contributed by atoms with van der Waals surface area (Å²) >= 11 is 0. The second-order valence-corrected chi connectivity index (χ2v) is 11.1. The molecular formula is C25H36N+. The maximum atomic E-state index is 2.52. The van der Waals surface area contributed by atoms with E-state index in [4.69, 9.17) is 0 Å². The summed E-state index contributed by atoms with van der Waals surface area (Å²) in [5, 5.41) is 0. The second kappa shape index (κ2) is 5.44. The lowest BCUT2D eigenvalue weighted by atomic mass is 9.64. The highest BCUT2D eigenvalue weighted by molar-refractivity contribution is 5.66. The number of benzene rings is 1. The van der Waals surface area contributed by atoms with Crippen LogP contribution in [0, 0.1) is 0 Å². The van der Waals surface area contributed by atoms with E-state index in [1.165, 1.54) is 27.9 Å². The summed E-state index contributed by atoms with van der Waals surface area (Å²) in [5.74, 6) is 0. The van der Waals surface area contributed by atoms with E-state index in [0.717, 1.165) is 0 Å². The molecular weight excluding hydrogens is 314 g/mol. The third kappa shape index (κ3) is 2.71. The van der Waals surface area contributed by atoms with Crippen molar-refractivity contribution in [3.8, 4) is 11.3 Å². The van der Waals surface area contributed by atoms with Crippen molar-refractivity contribution in [3.63, 3.8) is 0 Å². The summed E-state index contributed by atoms with van der Waals surface area (Å²) in [4.78, 5) is 0. The fourth-order valence-corrected chi connectivity index (χ4v) is 4.01. The summed E-state index contributed by atoms with van der Waals surface area (Å²) < 4.78 is 2.52. The Morgan fingerprint density at radius 1 is 0.731 bits per heavy atom. The molecule has 0 bridgehead atoms. The number of hydrogen-bond acceptors (Lipinski definition) is 0. The molecule has 0 radical (unpaired) electrons. The zero-order valence-corrected chi connectivity index (χ0v) is 18.4. The normalized spacial score (nSPS) is 18.2. The number of rotatable bonds is 0. The summed E-state index contributed by atoms with van der Waals surface area (Å²) in [5.41, 5.74) is 7.33. The third-order valence-corrected chi connectivity index (χ3v) is 6.78. The summed E-state index contributed by atoms with van der Waals surface area (Å²) in [7, 11) is 0. The quantitative estimate of drug-likeness (QED) is 0.494. The Bertz CT molecular complexity index is 781. The molecule has 0 unspecified atom stereocenters. The smallest absolute Gasteiger partial charge is 0.192 e. The highest BCUT2D eigenvalue weighted by Gasteiger charge is 2.52. The van der Waals surface area contributed by atoms with Crippen LogP contribution in [-0.2, 0) is 21.8 Å². The molecule has 1 aliphatic rings. The Hall–Kier alpha value is -1.63. The monoisotopic (exact) mass is 350 g/mol.